The number of rotatable bonds is 7. The number of unbranched alkanes of at least 4 members (excludes halogenated alkanes) is 1. The predicted molar refractivity (Wildman–Crippen MR) is 176 cm³/mol. The Morgan fingerprint density at radius 2 is 1.51 bits per heavy atom. The first kappa shape index (κ1) is 31.9. The zero-order valence-electron chi connectivity index (χ0n) is 27.3. The highest BCUT2D eigenvalue weighted by molar-refractivity contribution is 6.07. The summed E-state index contributed by atoms with van der Waals surface area (Å²) in [5, 5.41) is 16.1. The minimum atomic E-state index is -1.13. The first-order chi connectivity index (χ1) is 20.3. The third kappa shape index (κ3) is 6.09. The molecule has 0 aliphatic carbocycles. The van der Waals surface area contributed by atoms with E-state index >= 15 is 4.39 Å². The molecule has 0 radical (unpaired) electrons. The number of hydrogen-bond donors (Lipinski definition) is 0. The molecule has 0 bridgehead atoms. The highest BCUT2D eigenvalue weighted by atomic mass is 19.1. The SMILES string of the molecule is CCCC.Cc1nc(-c2cc3c(cc2C(C)(C)[C@@H](C)F)oc2ccc(C#N)cc23)n(-c2c(C(C)C)cccc2C(C)C)n1. The summed E-state index contributed by atoms with van der Waals surface area (Å²) < 4.78 is 23.4. The summed E-state index contributed by atoms with van der Waals surface area (Å²) in [6, 6.07) is 18.0. The predicted octanol–water partition coefficient (Wildman–Crippen LogP) is 10.7. The molecule has 226 valence electrons. The Balaban J connectivity index is 0.000000996. The first-order valence-corrected chi connectivity index (χ1v) is 15.5. The molecule has 5 rings (SSSR count). The molecule has 0 fully saturated rings. The average molecular weight is 581 g/mol. The smallest absolute Gasteiger partial charge is 0.163 e. The van der Waals surface area contributed by atoms with Gasteiger partial charge in [-0.25, -0.2) is 14.1 Å². The summed E-state index contributed by atoms with van der Waals surface area (Å²) in [6.45, 7) is 20.4. The molecule has 0 amide bonds. The van der Waals surface area contributed by atoms with Gasteiger partial charge < -0.3 is 4.42 Å². The van der Waals surface area contributed by atoms with Crippen molar-refractivity contribution in [1.29, 1.82) is 5.26 Å². The van der Waals surface area contributed by atoms with Crippen LogP contribution >= 0.6 is 0 Å². The second-order valence-electron chi connectivity index (χ2n) is 12.6. The fourth-order valence-corrected chi connectivity index (χ4v) is 5.33. The number of fused-ring (bicyclic) bond motifs is 3. The van der Waals surface area contributed by atoms with E-state index in [-0.39, 0.29) is 11.8 Å². The first-order valence-electron chi connectivity index (χ1n) is 15.5. The second kappa shape index (κ2) is 12.7. The van der Waals surface area contributed by atoms with Gasteiger partial charge in [-0.1, -0.05) is 86.4 Å². The Bertz CT molecular complexity index is 1750. The number of furan rings is 1. The van der Waals surface area contributed by atoms with E-state index in [0.717, 1.165) is 27.6 Å². The molecular formula is C37H45FN4O. The van der Waals surface area contributed by atoms with Crippen molar-refractivity contribution in [1.82, 2.24) is 14.8 Å². The van der Waals surface area contributed by atoms with Gasteiger partial charge in [0.2, 0.25) is 0 Å². The Morgan fingerprint density at radius 3 is 2.05 bits per heavy atom. The van der Waals surface area contributed by atoms with Gasteiger partial charge in [-0.05, 0) is 72.7 Å². The number of aromatic nitrogens is 3. The summed E-state index contributed by atoms with van der Waals surface area (Å²) >= 11 is 0. The highest BCUT2D eigenvalue weighted by Crippen LogP contribution is 2.43. The van der Waals surface area contributed by atoms with Gasteiger partial charge in [0, 0.05) is 21.8 Å². The molecular weight excluding hydrogens is 535 g/mol. The van der Waals surface area contributed by atoms with Gasteiger partial charge >= 0.3 is 0 Å². The molecule has 0 N–H and O–H groups in total. The molecule has 6 heteroatoms. The largest absolute Gasteiger partial charge is 0.456 e. The van der Waals surface area contributed by atoms with Gasteiger partial charge in [-0.15, -0.1) is 0 Å². The van der Waals surface area contributed by atoms with Crippen LogP contribution in [0.2, 0.25) is 0 Å². The molecule has 5 aromatic rings. The maximum Gasteiger partial charge on any atom is 0.163 e. The molecule has 0 saturated heterocycles. The average Bonchev–Trinajstić information content (AvgIpc) is 3.54. The van der Waals surface area contributed by atoms with Crippen molar-refractivity contribution in [2.75, 3.05) is 0 Å². The zero-order valence-corrected chi connectivity index (χ0v) is 27.3. The van der Waals surface area contributed by atoms with Crippen LogP contribution in [0.25, 0.3) is 39.0 Å². The number of nitriles is 1. The number of benzene rings is 3. The van der Waals surface area contributed by atoms with Crippen molar-refractivity contribution in [2.24, 2.45) is 0 Å². The Labute approximate surface area is 255 Å². The summed E-state index contributed by atoms with van der Waals surface area (Å²) in [5.41, 5.74) is 6.05. The second-order valence-corrected chi connectivity index (χ2v) is 12.6. The van der Waals surface area contributed by atoms with Crippen LogP contribution in [-0.4, -0.2) is 20.9 Å². The van der Waals surface area contributed by atoms with Crippen LogP contribution in [0.15, 0.2) is 52.9 Å². The van der Waals surface area contributed by atoms with Crippen molar-refractivity contribution in [2.45, 2.75) is 106 Å². The molecule has 0 saturated carbocycles. The summed E-state index contributed by atoms with van der Waals surface area (Å²) in [6.07, 6.45) is 1.51. The van der Waals surface area contributed by atoms with Crippen LogP contribution in [0.4, 0.5) is 4.39 Å². The maximum absolute atomic E-state index is 15.2. The molecule has 1 atom stereocenters. The molecule has 3 aromatic carbocycles. The Hall–Kier alpha value is -3.98. The van der Waals surface area contributed by atoms with E-state index < -0.39 is 11.6 Å². The van der Waals surface area contributed by atoms with Crippen LogP contribution in [0.5, 0.6) is 0 Å². The molecule has 2 heterocycles. The highest BCUT2D eigenvalue weighted by Gasteiger charge is 2.34. The van der Waals surface area contributed by atoms with Gasteiger partial charge in [0.05, 0.1) is 17.3 Å². The molecule has 2 aromatic heterocycles. The van der Waals surface area contributed by atoms with Crippen molar-refractivity contribution < 1.29 is 8.81 Å². The number of halogens is 1. The van der Waals surface area contributed by atoms with E-state index in [1.807, 2.05) is 49.7 Å². The number of para-hydroxylation sites is 1. The number of aryl methyl sites for hydroxylation is 1. The molecule has 0 aliphatic rings. The molecule has 0 aliphatic heterocycles. The zero-order chi connectivity index (χ0) is 31.6. The van der Waals surface area contributed by atoms with Crippen LogP contribution < -0.4 is 0 Å². The van der Waals surface area contributed by atoms with E-state index in [4.69, 9.17) is 14.5 Å². The molecule has 5 nitrogen and oxygen atoms in total. The lowest BCUT2D eigenvalue weighted by atomic mass is 9.77. The summed E-state index contributed by atoms with van der Waals surface area (Å²) in [7, 11) is 0. The fourth-order valence-electron chi connectivity index (χ4n) is 5.33. The third-order valence-electron chi connectivity index (χ3n) is 8.44. The van der Waals surface area contributed by atoms with E-state index in [1.165, 1.54) is 24.0 Å². The number of hydrogen-bond acceptors (Lipinski definition) is 4. The number of nitrogens with zero attached hydrogens (tertiary/aromatic N) is 4. The van der Waals surface area contributed by atoms with Crippen molar-refractivity contribution in [3.05, 3.63) is 76.6 Å². The van der Waals surface area contributed by atoms with Crippen molar-refractivity contribution >= 4 is 21.9 Å². The maximum atomic E-state index is 15.2. The Kier molecular flexibility index (Phi) is 9.44. The van der Waals surface area contributed by atoms with Crippen LogP contribution in [0.3, 0.4) is 0 Å². The summed E-state index contributed by atoms with van der Waals surface area (Å²) in [5.74, 6) is 1.84. The fraction of sp³-hybridized carbons (Fsp3) is 0.432. The Morgan fingerprint density at radius 1 is 0.907 bits per heavy atom. The third-order valence-corrected chi connectivity index (χ3v) is 8.44. The minimum absolute atomic E-state index is 0.266. The van der Waals surface area contributed by atoms with Gasteiger partial charge in [0.1, 0.15) is 23.2 Å². The minimum Gasteiger partial charge on any atom is -0.456 e. The lowest BCUT2D eigenvalue weighted by Gasteiger charge is -2.29. The van der Waals surface area contributed by atoms with Gasteiger partial charge in [-0.2, -0.15) is 10.4 Å². The molecule has 0 spiro atoms. The quantitative estimate of drug-likeness (QED) is 0.192. The number of alkyl halides is 1. The molecule has 43 heavy (non-hydrogen) atoms. The van der Waals surface area contributed by atoms with E-state index in [1.54, 1.807) is 13.0 Å². The normalized spacial score (nSPS) is 12.6. The van der Waals surface area contributed by atoms with Gasteiger partial charge in [-0.3, -0.25) is 0 Å². The van der Waals surface area contributed by atoms with Crippen LogP contribution in [0.1, 0.15) is 115 Å². The van der Waals surface area contributed by atoms with E-state index in [2.05, 4.69) is 65.8 Å². The lowest BCUT2D eigenvalue weighted by Crippen LogP contribution is -2.29. The van der Waals surface area contributed by atoms with Crippen LogP contribution in [-0.2, 0) is 5.41 Å². The van der Waals surface area contributed by atoms with E-state index in [0.29, 0.717) is 28.4 Å². The van der Waals surface area contributed by atoms with Gasteiger partial charge in [0.15, 0.2) is 5.82 Å². The van der Waals surface area contributed by atoms with Crippen molar-refractivity contribution in [3.63, 3.8) is 0 Å². The topological polar surface area (TPSA) is 67.6 Å². The standard InChI is InChI=1S/C33H35FN4O.C4H10/c1-18(2)23-10-9-11-24(19(3)4)31(23)38-32(36-21(6)37-38)27-15-26-25-14-22(17-35)12-13-29(25)39-30(26)16-28(27)33(7,8)20(5)34;1-3-4-2/h9-16,18-20H,1-8H3;3-4H2,1-2H3/t20-;/m1./s1. The van der Waals surface area contributed by atoms with E-state index in [9.17, 15) is 5.26 Å². The molecule has 0 unspecified atom stereocenters. The van der Waals surface area contributed by atoms with Gasteiger partial charge in [0.25, 0.3) is 0 Å². The summed E-state index contributed by atoms with van der Waals surface area (Å²) in [4.78, 5) is 4.94. The van der Waals surface area contributed by atoms with Crippen LogP contribution in [0, 0.1) is 18.3 Å². The monoisotopic (exact) mass is 580 g/mol. The van der Waals surface area contributed by atoms with Crippen molar-refractivity contribution in [3.8, 4) is 23.1 Å². The lowest BCUT2D eigenvalue weighted by molar-refractivity contribution is 0.237.